The second-order valence-corrected chi connectivity index (χ2v) is 5.61. The molecule has 0 aromatic heterocycles. The van der Waals surface area contributed by atoms with E-state index in [4.69, 9.17) is 0 Å². The molecule has 2 bridgehead atoms. The molecule has 2 heterocycles. The minimum atomic E-state index is 0.529. The Morgan fingerprint density at radius 1 is 0.929 bits per heavy atom. The summed E-state index contributed by atoms with van der Waals surface area (Å²) >= 11 is 0. The van der Waals surface area contributed by atoms with Gasteiger partial charge in [0, 0.05) is 11.6 Å². The van der Waals surface area contributed by atoms with Gasteiger partial charge in [0.15, 0.2) is 0 Å². The number of hydrogen-bond donors (Lipinski definition) is 0. The normalized spacial score (nSPS) is 41.1. The average Bonchev–Trinajstić information content (AvgIpc) is 2.32. The molecule has 0 aromatic carbocycles. The van der Waals surface area contributed by atoms with E-state index in [-0.39, 0.29) is 0 Å². The van der Waals surface area contributed by atoms with Crippen molar-refractivity contribution in [3.63, 3.8) is 0 Å². The van der Waals surface area contributed by atoms with E-state index < -0.39 is 0 Å². The minimum absolute atomic E-state index is 0.529. The fourth-order valence-corrected chi connectivity index (χ4v) is 3.40. The topological polar surface area (TPSA) is 3.24 Å². The number of rotatable bonds is 0. The van der Waals surface area contributed by atoms with Crippen LogP contribution in [0, 0.1) is 0 Å². The first-order chi connectivity index (χ1) is 6.72. The molecule has 0 spiro atoms. The lowest BCUT2D eigenvalue weighted by molar-refractivity contribution is 0.0627. The Bertz CT molecular complexity index is 190. The second-order valence-electron chi connectivity index (χ2n) is 5.61. The summed E-state index contributed by atoms with van der Waals surface area (Å²) in [6.07, 6.45) is 13.1. The molecule has 0 amide bonds. The van der Waals surface area contributed by atoms with Crippen LogP contribution in [0.2, 0.25) is 0 Å². The molecule has 2 aliphatic rings. The second kappa shape index (κ2) is 4.22. The van der Waals surface area contributed by atoms with Crippen LogP contribution in [0.4, 0.5) is 0 Å². The van der Waals surface area contributed by atoms with Crippen molar-refractivity contribution in [3.05, 3.63) is 0 Å². The zero-order chi connectivity index (χ0) is 10.0. The van der Waals surface area contributed by atoms with Crippen LogP contribution in [0.15, 0.2) is 0 Å². The van der Waals surface area contributed by atoms with E-state index in [9.17, 15) is 0 Å². The van der Waals surface area contributed by atoms with Crippen LogP contribution >= 0.6 is 0 Å². The fraction of sp³-hybridized carbons (Fsp3) is 1.00. The molecule has 2 atom stereocenters. The van der Waals surface area contributed by atoms with Gasteiger partial charge < -0.3 is 0 Å². The van der Waals surface area contributed by atoms with Crippen LogP contribution < -0.4 is 0 Å². The molecule has 0 saturated carbocycles. The van der Waals surface area contributed by atoms with Crippen molar-refractivity contribution in [1.29, 1.82) is 0 Å². The van der Waals surface area contributed by atoms with Gasteiger partial charge in [0.25, 0.3) is 0 Å². The Morgan fingerprint density at radius 3 is 2.21 bits per heavy atom. The molecular formula is C13H25N. The van der Waals surface area contributed by atoms with Crippen LogP contribution in [0.1, 0.15) is 64.7 Å². The van der Waals surface area contributed by atoms with Gasteiger partial charge in [-0.05, 0) is 39.7 Å². The van der Waals surface area contributed by atoms with Gasteiger partial charge in [-0.2, -0.15) is 0 Å². The smallest absolute Gasteiger partial charge is 0.0181 e. The molecule has 2 saturated heterocycles. The predicted octanol–water partition coefficient (Wildman–Crippen LogP) is 3.58. The van der Waals surface area contributed by atoms with Crippen molar-refractivity contribution in [2.45, 2.75) is 76.3 Å². The maximum absolute atomic E-state index is 2.72. The van der Waals surface area contributed by atoms with E-state index in [0.717, 1.165) is 6.04 Å². The quantitative estimate of drug-likeness (QED) is 0.571. The highest BCUT2D eigenvalue weighted by molar-refractivity contribution is 4.92. The van der Waals surface area contributed by atoms with Crippen molar-refractivity contribution in [1.82, 2.24) is 4.90 Å². The molecule has 2 aliphatic heterocycles. The summed E-state index contributed by atoms with van der Waals surface area (Å²) in [6.45, 7) is 2.50. The highest BCUT2D eigenvalue weighted by Crippen LogP contribution is 2.36. The van der Waals surface area contributed by atoms with Crippen LogP contribution in [0.25, 0.3) is 0 Å². The lowest BCUT2D eigenvalue weighted by Gasteiger charge is -2.43. The third-order valence-electron chi connectivity index (χ3n) is 4.65. The van der Waals surface area contributed by atoms with Gasteiger partial charge >= 0.3 is 0 Å². The van der Waals surface area contributed by atoms with Crippen molar-refractivity contribution in [2.24, 2.45) is 0 Å². The van der Waals surface area contributed by atoms with E-state index in [0.29, 0.717) is 5.54 Å². The molecule has 1 nitrogen and oxygen atoms in total. The summed E-state index contributed by atoms with van der Waals surface area (Å²) in [5.41, 5.74) is 0.529. The molecule has 0 radical (unpaired) electrons. The van der Waals surface area contributed by atoms with Gasteiger partial charge in [-0.3, -0.25) is 4.90 Å². The van der Waals surface area contributed by atoms with E-state index in [1.165, 1.54) is 57.8 Å². The van der Waals surface area contributed by atoms with E-state index in [1.807, 2.05) is 0 Å². The summed E-state index contributed by atoms with van der Waals surface area (Å²) in [6, 6.07) is 0.891. The van der Waals surface area contributed by atoms with Gasteiger partial charge in [-0.25, -0.2) is 0 Å². The first-order valence-electron chi connectivity index (χ1n) is 6.45. The lowest BCUT2D eigenvalue weighted by atomic mass is 9.86. The van der Waals surface area contributed by atoms with Crippen molar-refractivity contribution in [2.75, 3.05) is 7.05 Å². The van der Waals surface area contributed by atoms with Gasteiger partial charge in [-0.1, -0.05) is 32.1 Å². The standard InChI is InChI=1S/C13H25N/c1-13-10-6-3-4-8-12(14(13)2)9-5-7-11-13/h12H,3-11H2,1-2H3. The summed E-state index contributed by atoms with van der Waals surface area (Å²) in [4.78, 5) is 2.72. The van der Waals surface area contributed by atoms with E-state index in [1.54, 1.807) is 0 Å². The van der Waals surface area contributed by atoms with Gasteiger partial charge in [0.1, 0.15) is 0 Å². The fourth-order valence-electron chi connectivity index (χ4n) is 3.40. The Hall–Kier alpha value is -0.0400. The SMILES string of the molecule is CN1C2CCCCCC1(C)CCCC2. The van der Waals surface area contributed by atoms with Crippen LogP contribution in [-0.2, 0) is 0 Å². The molecule has 2 rings (SSSR count). The third kappa shape index (κ3) is 1.98. The Labute approximate surface area is 88.9 Å². The molecule has 0 aromatic rings. The number of hydrogen-bond acceptors (Lipinski definition) is 1. The summed E-state index contributed by atoms with van der Waals surface area (Å²) < 4.78 is 0. The van der Waals surface area contributed by atoms with Crippen LogP contribution in [-0.4, -0.2) is 23.5 Å². The molecule has 14 heavy (non-hydrogen) atoms. The van der Waals surface area contributed by atoms with Crippen molar-refractivity contribution < 1.29 is 0 Å². The molecular weight excluding hydrogens is 170 g/mol. The van der Waals surface area contributed by atoms with Gasteiger partial charge in [0.05, 0.1) is 0 Å². The van der Waals surface area contributed by atoms with Gasteiger partial charge in [0.2, 0.25) is 0 Å². The molecule has 0 N–H and O–H groups in total. The molecule has 2 fully saturated rings. The highest BCUT2D eigenvalue weighted by atomic mass is 15.2. The Morgan fingerprint density at radius 2 is 1.50 bits per heavy atom. The monoisotopic (exact) mass is 195 g/mol. The van der Waals surface area contributed by atoms with Crippen LogP contribution in [0.3, 0.4) is 0 Å². The van der Waals surface area contributed by atoms with E-state index in [2.05, 4.69) is 18.9 Å². The average molecular weight is 195 g/mol. The highest BCUT2D eigenvalue weighted by Gasteiger charge is 2.35. The van der Waals surface area contributed by atoms with Crippen LogP contribution in [0.5, 0.6) is 0 Å². The molecule has 2 unspecified atom stereocenters. The lowest BCUT2D eigenvalue weighted by Crippen LogP contribution is -2.48. The summed E-state index contributed by atoms with van der Waals surface area (Å²) in [7, 11) is 2.38. The Kier molecular flexibility index (Phi) is 3.16. The zero-order valence-corrected chi connectivity index (χ0v) is 9.89. The zero-order valence-electron chi connectivity index (χ0n) is 9.89. The van der Waals surface area contributed by atoms with E-state index >= 15 is 0 Å². The number of fused-ring (bicyclic) bond motifs is 2. The maximum atomic E-state index is 2.72. The first kappa shape index (κ1) is 10.5. The van der Waals surface area contributed by atoms with Crippen molar-refractivity contribution in [3.8, 4) is 0 Å². The maximum Gasteiger partial charge on any atom is 0.0181 e. The number of nitrogens with zero attached hydrogens (tertiary/aromatic N) is 1. The van der Waals surface area contributed by atoms with Crippen molar-refractivity contribution >= 4 is 0 Å². The molecule has 0 aliphatic carbocycles. The van der Waals surface area contributed by atoms with Gasteiger partial charge in [-0.15, -0.1) is 0 Å². The first-order valence-corrected chi connectivity index (χ1v) is 6.45. The third-order valence-corrected chi connectivity index (χ3v) is 4.65. The molecule has 1 heteroatoms. The predicted molar refractivity (Wildman–Crippen MR) is 61.5 cm³/mol. The minimum Gasteiger partial charge on any atom is -0.298 e. The summed E-state index contributed by atoms with van der Waals surface area (Å²) in [5.74, 6) is 0. The Balaban J connectivity index is 2.15. The largest absolute Gasteiger partial charge is 0.298 e. The summed E-state index contributed by atoms with van der Waals surface area (Å²) in [5, 5.41) is 0. The molecule has 82 valence electrons.